The molecule has 0 aromatic rings. The third-order valence-corrected chi connectivity index (χ3v) is 3.90. The molecule has 0 aromatic heterocycles. The van der Waals surface area contributed by atoms with Gasteiger partial charge in [0.1, 0.15) is 0 Å². The summed E-state index contributed by atoms with van der Waals surface area (Å²) in [6, 6.07) is 0. The van der Waals surface area contributed by atoms with Crippen LogP contribution in [-0.4, -0.2) is 26.8 Å². The smallest absolute Gasteiger partial charge is 0.0462 e. The molecule has 1 saturated carbocycles. The molecular weight excluding hydrogens is 198 g/mol. The molecule has 96 valence electrons. The Balaban J connectivity index is 2.33. The van der Waals surface area contributed by atoms with Crippen molar-refractivity contribution in [2.75, 3.05) is 26.8 Å². The second-order valence-electron chi connectivity index (χ2n) is 5.33. The maximum Gasteiger partial charge on any atom is 0.0462 e. The van der Waals surface area contributed by atoms with Crippen molar-refractivity contribution in [1.82, 2.24) is 5.32 Å². The van der Waals surface area contributed by atoms with Crippen molar-refractivity contribution in [1.29, 1.82) is 0 Å². The van der Waals surface area contributed by atoms with E-state index >= 15 is 0 Å². The van der Waals surface area contributed by atoms with E-state index in [2.05, 4.69) is 12.2 Å². The van der Waals surface area contributed by atoms with Gasteiger partial charge < -0.3 is 10.1 Å². The van der Waals surface area contributed by atoms with E-state index in [0.717, 1.165) is 6.61 Å². The minimum atomic E-state index is 0.589. The third-order valence-electron chi connectivity index (χ3n) is 3.90. The Hall–Kier alpha value is -0.0800. The SMILES string of the molecule is CCCNCC1(CCCOC)CCCCC1. The first kappa shape index (κ1) is 14.0. The fourth-order valence-electron chi connectivity index (χ4n) is 2.94. The molecule has 0 atom stereocenters. The van der Waals surface area contributed by atoms with Gasteiger partial charge in [0, 0.05) is 20.3 Å². The first-order chi connectivity index (χ1) is 7.83. The predicted octanol–water partition coefficient (Wildman–Crippen LogP) is 3.36. The lowest BCUT2D eigenvalue weighted by atomic mass is 9.71. The van der Waals surface area contributed by atoms with Gasteiger partial charge in [-0.15, -0.1) is 0 Å². The van der Waals surface area contributed by atoms with Crippen molar-refractivity contribution in [3.05, 3.63) is 0 Å². The van der Waals surface area contributed by atoms with Gasteiger partial charge in [-0.25, -0.2) is 0 Å². The van der Waals surface area contributed by atoms with Crippen molar-refractivity contribution in [3.63, 3.8) is 0 Å². The summed E-state index contributed by atoms with van der Waals surface area (Å²) in [5, 5.41) is 3.63. The van der Waals surface area contributed by atoms with Crippen LogP contribution < -0.4 is 5.32 Å². The predicted molar refractivity (Wildman–Crippen MR) is 69.8 cm³/mol. The summed E-state index contributed by atoms with van der Waals surface area (Å²) in [7, 11) is 1.81. The van der Waals surface area contributed by atoms with Gasteiger partial charge >= 0.3 is 0 Å². The van der Waals surface area contributed by atoms with Gasteiger partial charge in [0.2, 0.25) is 0 Å². The second-order valence-corrected chi connectivity index (χ2v) is 5.33. The highest BCUT2D eigenvalue weighted by Crippen LogP contribution is 2.39. The lowest BCUT2D eigenvalue weighted by Gasteiger charge is -2.38. The Bertz CT molecular complexity index is 152. The molecule has 0 aliphatic heterocycles. The normalized spacial score (nSPS) is 19.9. The van der Waals surface area contributed by atoms with Crippen molar-refractivity contribution in [2.45, 2.75) is 58.3 Å². The molecule has 0 spiro atoms. The molecule has 2 nitrogen and oxygen atoms in total. The highest BCUT2D eigenvalue weighted by atomic mass is 16.5. The average molecular weight is 227 g/mol. The number of hydrogen-bond acceptors (Lipinski definition) is 2. The molecule has 1 aliphatic carbocycles. The standard InChI is InChI=1S/C14H29NO/c1-3-11-15-13-14(10-7-12-16-2)8-5-4-6-9-14/h15H,3-13H2,1-2H3. The number of rotatable bonds is 8. The van der Waals surface area contributed by atoms with Crippen LogP contribution in [0.15, 0.2) is 0 Å². The average Bonchev–Trinajstić information content (AvgIpc) is 2.31. The summed E-state index contributed by atoms with van der Waals surface area (Å²) < 4.78 is 5.18. The molecule has 0 unspecified atom stereocenters. The lowest BCUT2D eigenvalue weighted by molar-refractivity contribution is 0.130. The van der Waals surface area contributed by atoms with E-state index in [1.165, 1.54) is 64.5 Å². The van der Waals surface area contributed by atoms with Crippen LogP contribution in [0.25, 0.3) is 0 Å². The third kappa shape index (κ3) is 4.84. The van der Waals surface area contributed by atoms with Crippen LogP contribution in [0.2, 0.25) is 0 Å². The monoisotopic (exact) mass is 227 g/mol. The zero-order valence-electron chi connectivity index (χ0n) is 11.2. The molecule has 1 rings (SSSR count). The molecule has 16 heavy (non-hydrogen) atoms. The summed E-state index contributed by atoms with van der Waals surface area (Å²) in [6.07, 6.45) is 11.0. The Kier molecular flexibility index (Phi) is 7.06. The molecular formula is C14H29NO. The van der Waals surface area contributed by atoms with Crippen molar-refractivity contribution < 1.29 is 4.74 Å². The van der Waals surface area contributed by atoms with Gasteiger partial charge in [-0.3, -0.25) is 0 Å². The second kappa shape index (κ2) is 8.08. The highest BCUT2D eigenvalue weighted by molar-refractivity contribution is 4.84. The van der Waals surface area contributed by atoms with E-state index in [9.17, 15) is 0 Å². The maximum atomic E-state index is 5.18. The summed E-state index contributed by atoms with van der Waals surface area (Å²) in [4.78, 5) is 0. The number of ether oxygens (including phenoxy) is 1. The van der Waals surface area contributed by atoms with E-state index in [1.807, 2.05) is 7.11 Å². The van der Waals surface area contributed by atoms with Crippen LogP contribution in [0.3, 0.4) is 0 Å². The molecule has 0 radical (unpaired) electrons. The van der Waals surface area contributed by atoms with Gasteiger partial charge in [-0.1, -0.05) is 26.2 Å². The molecule has 0 saturated heterocycles. The van der Waals surface area contributed by atoms with E-state index in [0.29, 0.717) is 5.41 Å². The van der Waals surface area contributed by atoms with Gasteiger partial charge in [0.25, 0.3) is 0 Å². The van der Waals surface area contributed by atoms with Crippen molar-refractivity contribution in [3.8, 4) is 0 Å². The molecule has 2 heteroatoms. The number of nitrogens with one attached hydrogen (secondary N) is 1. The molecule has 0 aromatic carbocycles. The van der Waals surface area contributed by atoms with E-state index in [4.69, 9.17) is 4.74 Å². The summed E-state index contributed by atoms with van der Waals surface area (Å²) >= 11 is 0. The van der Waals surface area contributed by atoms with Gasteiger partial charge in [0.05, 0.1) is 0 Å². The Morgan fingerprint density at radius 1 is 1.19 bits per heavy atom. The fraction of sp³-hybridized carbons (Fsp3) is 1.00. The van der Waals surface area contributed by atoms with E-state index < -0.39 is 0 Å². The first-order valence-electron chi connectivity index (χ1n) is 7.03. The van der Waals surface area contributed by atoms with Crippen LogP contribution in [0, 0.1) is 5.41 Å². The Morgan fingerprint density at radius 2 is 1.94 bits per heavy atom. The minimum Gasteiger partial charge on any atom is -0.385 e. The molecule has 1 fully saturated rings. The maximum absolute atomic E-state index is 5.18. The van der Waals surface area contributed by atoms with Gasteiger partial charge in [-0.2, -0.15) is 0 Å². The molecule has 0 bridgehead atoms. The van der Waals surface area contributed by atoms with Gasteiger partial charge in [-0.05, 0) is 44.1 Å². The summed E-state index contributed by atoms with van der Waals surface area (Å²) in [6.45, 7) is 5.57. The Morgan fingerprint density at radius 3 is 2.56 bits per heavy atom. The van der Waals surface area contributed by atoms with Crippen LogP contribution >= 0.6 is 0 Å². The Labute approximate surface area is 101 Å². The van der Waals surface area contributed by atoms with Crippen molar-refractivity contribution in [2.24, 2.45) is 5.41 Å². The molecule has 1 aliphatic rings. The number of methoxy groups -OCH3 is 1. The highest BCUT2D eigenvalue weighted by Gasteiger charge is 2.30. The molecule has 0 amide bonds. The van der Waals surface area contributed by atoms with Crippen LogP contribution in [-0.2, 0) is 4.74 Å². The van der Waals surface area contributed by atoms with Crippen LogP contribution in [0.4, 0.5) is 0 Å². The number of hydrogen-bond donors (Lipinski definition) is 1. The molecule has 0 heterocycles. The quantitative estimate of drug-likeness (QED) is 0.642. The summed E-state index contributed by atoms with van der Waals surface area (Å²) in [5.74, 6) is 0. The lowest BCUT2D eigenvalue weighted by Crippen LogP contribution is -2.36. The van der Waals surface area contributed by atoms with Gasteiger partial charge in [0.15, 0.2) is 0 Å². The minimum absolute atomic E-state index is 0.589. The first-order valence-corrected chi connectivity index (χ1v) is 7.03. The van der Waals surface area contributed by atoms with Crippen LogP contribution in [0.1, 0.15) is 58.3 Å². The van der Waals surface area contributed by atoms with Crippen LogP contribution in [0.5, 0.6) is 0 Å². The molecule has 1 N–H and O–H groups in total. The zero-order chi connectivity index (χ0) is 11.7. The van der Waals surface area contributed by atoms with E-state index in [1.54, 1.807) is 0 Å². The van der Waals surface area contributed by atoms with E-state index in [-0.39, 0.29) is 0 Å². The zero-order valence-corrected chi connectivity index (χ0v) is 11.2. The van der Waals surface area contributed by atoms with Crippen molar-refractivity contribution >= 4 is 0 Å². The topological polar surface area (TPSA) is 21.3 Å². The largest absolute Gasteiger partial charge is 0.385 e. The fourth-order valence-corrected chi connectivity index (χ4v) is 2.94. The summed E-state index contributed by atoms with van der Waals surface area (Å²) in [5.41, 5.74) is 0.589.